The number of piperidine rings is 1. The summed E-state index contributed by atoms with van der Waals surface area (Å²) in [5.41, 5.74) is 4.54. The Labute approximate surface area is 292 Å². The topological polar surface area (TPSA) is 141 Å². The molecule has 49 heavy (non-hydrogen) atoms. The third kappa shape index (κ3) is 8.80. The van der Waals surface area contributed by atoms with Gasteiger partial charge in [-0.1, -0.05) is 43.3 Å². The third-order valence-corrected chi connectivity index (χ3v) is 10.6. The molecule has 2 aliphatic rings. The maximum atomic E-state index is 13.7. The van der Waals surface area contributed by atoms with Crippen LogP contribution in [0.2, 0.25) is 0 Å². The van der Waals surface area contributed by atoms with E-state index in [1.165, 1.54) is 4.90 Å². The van der Waals surface area contributed by atoms with Crippen molar-refractivity contribution in [3.8, 4) is 10.4 Å². The average molecular weight is 695 g/mol. The summed E-state index contributed by atoms with van der Waals surface area (Å²) in [5.74, 6) is -0.0498. The summed E-state index contributed by atoms with van der Waals surface area (Å²) in [5, 5.41) is 17.8. The Bertz CT molecular complexity index is 1590. The second-order valence-corrected chi connectivity index (χ2v) is 15.2. The van der Waals surface area contributed by atoms with E-state index in [1.54, 1.807) is 16.2 Å². The number of aromatic nitrogens is 2. The number of carbonyl (C=O) groups is 3. The molecule has 12 nitrogen and oxygen atoms in total. The Morgan fingerprint density at radius 2 is 1.86 bits per heavy atom. The number of benzene rings is 1. The molecule has 4 heterocycles. The van der Waals surface area contributed by atoms with Gasteiger partial charge in [0.1, 0.15) is 17.4 Å². The SMILES string of the molecule is Cc1ncsc1-c1ccc(CCNC(=O)[C@@H]2C[C@@H](O)CN2C(=O)[C@H](C)[C@H](C)c2cc(N(C)C3CCN(C(=O)OC(C)(C)C)CC3)no2)cc1. The Hall–Kier alpha value is -3.97. The molecule has 2 aromatic heterocycles. The number of ether oxygens (including phenoxy) is 1. The fourth-order valence-electron chi connectivity index (χ4n) is 6.49. The van der Waals surface area contributed by atoms with Crippen LogP contribution in [0.3, 0.4) is 0 Å². The highest BCUT2D eigenvalue weighted by atomic mass is 32.1. The monoisotopic (exact) mass is 694 g/mol. The number of anilines is 1. The van der Waals surface area contributed by atoms with E-state index < -0.39 is 23.7 Å². The second kappa shape index (κ2) is 15.3. The van der Waals surface area contributed by atoms with Crippen molar-refractivity contribution in [2.24, 2.45) is 5.92 Å². The molecule has 266 valence electrons. The minimum Gasteiger partial charge on any atom is -0.444 e. The molecule has 0 bridgehead atoms. The van der Waals surface area contributed by atoms with E-state index >= 15 is 0 Å². The first-order valence-corrected chi connectivity index (χ1v) is 18.0. The van der Waals surface area contributed by atoms with E-state index in [0.717, 1.165) is 34.5 Å². The molecule has 0 aliphatic carbocycles. The highest BCUT2D eigenvalue weighted by Gasteiger charge is 2.42. The first kappa shape index (κ1) is 36.3. The Morgan fingerprint density at radius 3 is 2.49 bits per heavy atom. The third-order valence-electron chi connectivity index (χ3n) is 9.67. The van der Waals surface area contributed by atoms with Gasteiger partial charge in [-0.25, -0.2) is 9.78 Å². The summed E-state index contributed by atoms with van der Waals surface area (Å²) in [6, 6.07) is 9.55. The van der Waals surface area contributed by atoms with Crippen molar-refractivity contribution in [1.82, 2.24) is 25.3 Å². The summed E-state index contributed by atoms with van der Waals surface area (Å²) in [6.45, 7) is 13.0. The quantitative estimate of drug-likeness (QED) is 0.300. The average Bonchev–Trinajstić information content (AvgIpc) is 3.83. The number of carbonyl (C=O) groups excluding carboxylic acids is 3. The van der Waals surface area contributed by atoms with Gasteiger partial charge in [-0.3, -0.25) is 9.59 Å². The summed E-state index contributed by atoms with van der Waals surface area (Å²) >= 11 is 1.61. The number of rotatable bonds is 10. The van der Waals surface area contributed by atoms with Crippen LogP contribution in [-0.2, 0) is 20.7 Å². The molecule has 3 aromatic rings. The van der Waals surface area contributed by atoms with Gasteiger partial charge in [-0.2, -0.15) is 0 Å². The molecule has 0 unspecified atom stereocenters. The number of nitrogens with one attached hydrogen (secondary N) is 1. The molecule has 2 N–H and O–H groups in total. The number of aliphatic hydroxyl groups excluding tert-OH is 1. The lowest BCUT2D eigenvalue weighted by Gasteiger charge is -2.37. The number of nitrogens with zero attached hydrogens (tertiary/aromatic N) is 5. The minimum atomic E-state index is -0.766. The molecule has 1 aromatic carbocycles. The summed E-state index contributed by atoms with van der Waals surface area (Å²) in [6.07, 6.45) is 1.32. The van der Waals surface area contributed by atoms with Crippen LogP contribution < -0.4 is 10.2 Å². The lowest BCUT2D eigenvalue weighted by molar-refractivity contribution is -0.141. The zero-order chi connectivity index (χ0) is 35.5. The number of aliphatic hydroxyl groups is 1. The Morgan fingerprint density at radius 1 is 1.16 bits per heavy atom. The maximum Gasteiger partial charge on any atom is 0.410 e. The molecule has 3 amide bonds. The zero-order valence-corrected chi connectivity index (χ0v) is 30.5. The molecular weight excluding hydrogens is 644 g/mol. The van der Waals surface area contributed by atoms with Crippen LogP contribution >= 0.6 is 11.3 Å². The zero-order valence-electron chi connectivity index (χ0n) is 29.6. The molecule has 2 saturated heterocycles. The molecule has 13 heteroatoms. The normalized spacial score (nSPS) is 19.8. The van der Waals surface area contributed by atoms with Gasteiger partial charge >= 0.3 is 6.09 Å². The minimum absolute atomic E-state index is 0.110. The van der Waals surface area contributed by atoms with E-state index in [4.69, 9.17) is 9.26 Å². The van der Waals surface area contributed by atoms with Gasteiger partial charge < -0.3 is 34.4 Å². The fraction of sp³-hybridized carbons (Fsp3) is 0.583. The fourth-order valence-corrected chi connectivity index (χ4v) is 7.30. The van der Waals surface area contributed by atoms with E-state index in [-0.39, 0.29) is 42.8 Å². The summed E-state index contributed by atoms with van der Waals surface area (Å²) in [7, 11) is 1.96. The molecular formula is C36H50N6O6S. The van der Waals surface area contributed by atoms with E-state index in [0.29, 0.717) is 37.6 Å². The number of hydrogen-bond acceptors (Lipinski definition) is 10. The summed E-state index contributed by atoms with van der Waals surface area (Å²) < 4.78 is 11.3. The van der Waals surface area contributed by atoms with Gasteiger partial charge in [0.15, 0.2) is 5.82 Å². The largest absolute Gasteiger partial charge is 0.444 e. The first-order valence-electron chi connectivity index (χ1n) is 17.1. The smallest absolute Gasteiger partial charge is 0.410 e. The van der Waals surface area contributed by atoms with Crippen LogP contribution in [0.25, 0.3) is 10.4 Å². The summed E-state index contributed by atoms with van der Waals surface area (Å²) in [4.78, 5) is 50.3. The highest BCUT2D eigenvalue weighted by molar-refractivity contribution is 7.13. The molecule has 0 saturated carbocycles. The van der Waals surface area contributed by atoms with Gasteiger partial charge in [-0.05, 0) is 58.1 Å². The molecule has 0 spiro atoms. The van der Waals surface area contributed by atoms with E-state index in [1.807, 2.05) is 60.2 Å². The predicted octanol–water partition coefficient (Wildman–Crippen LogP) is 5.00. The second-order valence-electron chi connectivity index (χ2n) is 14.4. The van der Waals surface area contributed by atoms with Crippen molar-refractivity contribution >= 4 is 35.1 Å². The molecule has 2 fully saturated rings. The Kier molecular flexibility index (Phi) is 11.3. The van der Waals surface area contributed by atoms with E-state index in [2.05, 4.69) is 44.6 Å². The number of amides is 3. The lowest BCUT2D eigenvalue weighted by Crippen LogP contribution is -2.48. The number of thiazole rings is 1. The number of hydrogen-bond donors (Lipinski definition) is 2. The van der Waals surface area contributed by atoms with Crippen molar-refractivity contribution in [2.75, 3.05) is 38.1 Å². The van der Waals surface area contributed by atoms with Gasteiger partial charge in [0.05, 0.1) is 22.2 Å². The lowest BCUT2D eigenvalue weighted by atomic mass is 9.92. The number of likely N-dealkylation sites (tertiary alicyclic amines) is 2. The number of β-amino-alcohol motifs (C(OH)–C–C–N with tert-alkyl or cyclic N) is 1. The number of aryl methyl sites for hydroxylation is 1. The van der Waals surface area contributed by atoms with Gasteiger partial charge in [0, 0.05) is 63.6 Å². The maximum absolute atomic E-state index is 13.7. The molecule has 5 rings (SSSR count). The van der Waals surface area contributed by atoms with Crippen molar-refractivity contribution in [2.45, 2.75) is 96.9 Å². The standard InChI is InChI=1S/C36H50N6O6S/c1-22(30-19-31(39-48-30)40(7)27-13-16-41(17-14-27)35(46)47-36(4,5)6)23(2)34(45)42-20-28(43)18-29(42)33(44)37-15-12-25-8-10-26(11-9-25)32-24(3)38-21-49-32/h8-11,19,21-23,27-29,43H,12-18,20H2,1-7H3,(H,37,44)/t22-,23+,28+,29-/m0/s1. The predicted molar refractivity (Wildman–Crippen MR) is 188 cm³/mol. The van der Waals surface area contributed by atoms with Crippen molar-refractivity contribution in [1.29, 1.82) is 0 Å². The van der Waals surface area contributed by atoms with Crippen molar-refractivity contribution in [3.63, 3.8) is 0 Å². The van der Waals surface area contributed by atoms with Crippen LogP contribution in [-0.4, -0.2) is 100.0 Å². The molecule has 2 aliphatic heterocycles. The molecule has 4 atom stereocenters. The van der Waals surface area contributed by atoms with Crippen molar-refractivity contribution < 1.29 is 28.8 Å². The van der Waals surface area contributed by atoms with E-state index in [9.17, 15) is 19.5 Å². The van der Waals surface area contributed by atoms with Crippen LogP contribution in [0.15, 0.2) is 40.4 Å². The highest BCUT2D eigenvalue weighted by Crippen LogP contribution is 2.32. The van der Waals surface area contributed by atoms with Crippen LogP contribution in [0.1, 0.15) is 76.8 Å². The first-order chi connectivity index (χ1) is 23.2. The Balaban J connectivity index is 1.12. The molecule has 0 radical (unpaired) electrons. The van der Waals surface area contributed by atoms with Crippen LogP contribution in [0.5, 0.6) is 0 Å². The van der Waals surface area contributed by atoms with Crippen LogP contribution in [0.4, 0.5) is 10.6 Å². The van der Waals surface area contributed by atoms with Gasteiger partial charge in [0.2, 0.25) is 11.8 Å². The van der Waals surface area contributed by atoms with Gasteiger partial charge in [0.25, 0.3) is 0 Å². The van der Waals surface area contributed by atoms with Gasteiger partial charge in [-0.15, -0.1) is 11.3 Å². The van der Waals surface area contributed by atoms with Crippen molar-refractivity contribution in [3.05, 3.63) is 52.9 Å². The van der Waals surface area contributed by atoms with Crippen LogP contribution in [0, 0.1) is 12.8 Å².